The van der Waals surface area contributed by atoms with Gasteiger partial charge in [0.05, 0.1) is 5.69 Å². The number of thiazole rings is 1. The summed E-state index contributed by atoms with van der Waals surface area (Å²) < 4.78 is 0. The highest BCUT2D eigenvalue weighted by atomic mass is 32.1. The van der Waals surface area contributed by atoms with Crippen molar-refractivity contribution in [3.05, 3.63) is 23.3 Å². The molecule has 82 valence electrons. The molecule has 16 heavy (non-hydrogen) atoms. The highest BCUT2D eigenvalue weighted by molar-refractivity contribution is 7.13. The normalized spacial score (nSPS) is 15.0. The fraction of sp³-hybridized carbons (Fsp3) is 0.300. The summed E-state index contributed by atoms with van der Waals surface area (Å²) in [5, 5.41) is 6.09. The van der Waals surface area contributed by atoms with Crippen molar-refractivity contribution in [1.29, 1.82) is 0 Å². The first-order valence-electron chi connectivity index (χ1n) is 5.12. The standard InChI is InChI=1S/C10H11N5S/c11-9-12-4-3-8(14-9)15-10-13-7(5-16-10)6-1-2-6/h3-6H,1-2H2,(H3,11,12,13,14,15). The van der Waals surface area contributed by atoms with E-state index in [9.17, 15) is 0 Å². The number of nitrogens with one attached hydrogen (secondary N) is 1. The molecule has 1 aliphatic rings. The first kappa shape index (κ1) is 9.53. The Morgan fingerprint density at radius 2 is 2.25 bits per heavy atom. The van der Waals surface area contributed by atoms with Gasteiger partial charge in [0.25, 0.3) is 0 Å². The fourth-order valence-electron chi connectivity index (χ4n) is 1.46. The minimum absolute atomic E-state index is 0.268. The largest absolute Gasteiger partial charge is 0.368 e. The van der Waals surface area contributed by atoms with Gasteiger partial charge in [0.1, 0.15) is 5.82 Å². The highest BCUT2D eigenvalue weighted by Crippen LogP contribution is 2.41. The molecule has 0 amide bonds. The van der Waals surface area contributed by atoms with Crippen molar-refractivity contribution >= 4 is 28.2 Å². The van der Waals surface area contributed by atoms with Gasteiger partial charge in [0.15, 0.2) is 5.13 Å². The van der Waals surface area contributed by atoms with Crippen molar-refractivity contribution in [3.8, 4) is 0 Å². The van der Waals surface area contributed by atoms with Crippen LogP contribution in [-0.2, 0) is 0 Å². The third kappa shape index (κ3) is 1.96. The first-order chi connectivity index (χ1) is 7.81. The van der Waals surface area contributed by atoms with Gasteiger partial charge in [0.2, 0.25) is 5.95 Å². The number of hydrogen-bond donors (Lipinski definition) is 2. The number of aromatic nitrogens is 3. The van der Waals surface area contributed by atoms with Crippen molar-refractivity contribution in [2.24, 2.45) is 0 Å². The molecule has 0 atom stereocenters. The molecule has 2 heterocycles. The lowest BCUT2D eigenvalue weighted by Gasteiger charge is -2.00. The second-order valence-corrected chi connectivity index (χ2v) is 4.63. The van der Waals surface area contributed by atoms with Gasteiger partial charge in [-0.3, -0.25) is 0 Å². The molecule has 3 rings (SSSR count). The third-order valence-electron chi connectivity index (χ3n) is 2.43. The molecule has 0 unspecified atom stereocenters. The molecule has 0 spiro atoms. The predicted octanol–water partition coefficient (Wildman–Crippen LogP) is 2.14. The maximum atomic E-state index is 5.50. The Morgan fingerprint density at radius 3 is 3.00 bits per heavy atom. The number of rotatable bonds is 3. The third-order valence-corrected chi connectivity index (χ3v) is 3.20. The van der Waals surface area contributed by atoms with E-state index in [-0.39, 0.29) is 5.95 Å². The van der Waals surface area contributed by atoms with E-state index in [2.05, 4.69) is 25.6 Å². The number of anilines is 3. The Labute approximate surface area is 96.8 Å². The fourth-order valence-corrected chi connectivity index (χ4v) is 2.26. The lowest BCUT2D eigenvalue weighted by Crippen LogP contribution is -1.98. The van der Waals surface area contributed by atoms with Crippen molar-refractivity contribution in [2.75, 3.05) is 11.1 Å². The van der Waals surface area contributed by atoms with Crippen LogP contribution in [0.25, 0.3) is 0 Å². The van der Waals surface area contributed by atoms with Gasteiger partial charge in [-0.2, -0.15) is 4.98 Å². The summed E-state index contributed by atoms with van der Waals surface area (Å²) in [5.41, 5.74) is 6.69. The summed E-state index contributed by atoms with van der Waals surface area (Å²) in [6.45, 7) is 0. The maximum absolute atomic E-state index is 5.50. The summed E-state index contributed by atoms with van der Waals surface area (Å²) in [6, 6.07) is 1.77. The first-order valence-corrected chi connectivity index (χ1v) is 6.00. The van der Waals surface area contributed by atoms with Crippen LogP contribution in [0.15, 0.2) is 17.6 Å². The summed E-state index contributed by atoms with van der Waals surface area (Å²) in [5.74, 6) is 1.63. The van der Waals surface area contributed by atoms with E-state index in [0.717, 1.165) is 5.13 Å². The van der Waals surface area contributed by atoms with Gasteiger partial charge in [-0.15, -0.1) is 11.3 Å². The highest BCUT2D eigenvalue weighted by Gasteiger charge is 2.26. The second-order valence-electron chi connectivity index (χ2n) is 3.78. The van der Waals surface area contributed by atoms with Crippen LogP contribution in [0.4, 0.5) is 16.9 Å². The minimum atomic E-state index is 0.268. The zero-order chi connectivity index (χ0) is 11.0. The molecule has 1 fully saturated rings. The SMILES string of the molecule is Nc1nccc(Nc2nc(C3CC3)cs2)n1. The molecule has 6 heteroatoms. The smallest absolute Gasteiger partial charge is 0.221 e. The van der Waals surface area contributed by atoms with Crippen molar-refractivity contribution in [1.82, 2.24) is 15.0 Å². The van der Waals surface area contributed by atoms with Crippen molar-refractivity contribution in [3.63, 3.8) is 0 Å². The molecule has 0 aromatic carbocycles. The maximum Gasteiger partial charge on any atom is 0.221 e. The minimum Gasteiger partial charge on any atom is -0.368 e. The van der Waals surface area contributed by atoms with E-state index < -0.39 is 0 Å². The summed E-state index contributed by atoms with van der Waals surface area (Å²) >= 11 is 1.60. The monoisotopic (exact) mass is 233 g/mol. The molecule has 1 saturated carbocycles. The van der Waals surface area contributed by atoms with E-state index in [4.69, 9.17) is 5.73 Å². The lowest BCUT2D eigenvalue weighted by atomic mass is 10.3. The molecule has 0 bridgehead atoms. The van der Waals surface area contributed by atoms with Crippen molar-refractivity contribution < 1.29 is 0 Å². The van der Waals surface area contributed by atoms with Crippen LogP contribution in [0.5, 0.6) is 0 Å². The van der Waals surface area contributed by atoms with E-state index in [0.29, 0.717) is 11.7 Å². The number of hydrogen-bond acceptors (Lipinski definition) is 6. The molecule has 2 aromatic heterocycles. The Hall–Kier alpha value is -1.69. The molecule has 3 N–H and O–H groups in total. The number of nitrogens with zero attached hydrogens (tertiary/aromatic N) is 3. The molecule has 0 aliphatic heterocycles. The van der Waals surface area contributed by atoms with Crippen LogP contribution in [0, 0.1) is 0 Å². The molecule has 0 saturated heterocycles. The summed E-state index contributed by atoms with van der Waals surface area (Å²) in [7, 11) is 0. The zero-order valence-electron chi connectivity index (χ0n) is 8.55. The van der Waals surface area contributed by atoms with E-state index in [1.165, 1.54) is 18.5 Å². The van der Waals surface area contributed by atoms with Crippen LogP contribution in [0.3, 0.4) is 0 Å². The second kappa shape index (κ2) is 3.71. The van der Waals surface area contributed by atoms with E-state index in [1.54, 1.807) is 23.6 Å². The lowest BCUT2D eigenvalue weighted by molar-refractivity contribution is 1.05. The van der Waals surface area contributed by atoms with Gasteiger partial charge < -0.3 is 11.1 Å². The Morgan fingerprint density at radius 1 is 1.38 bits per heavy atom. The van der Waals surface area contributed by atoms with Crippen LogP contribution < -0.4 is 11.1 Å². The molecule has 2 aromatic rings. The van der Waals surface area contributed by atoms with Crippen LogP contribution >= 0.6 is 11.3 Å². The molecule has 1 aliphatic carbocycles. The quantitative estimate of drug-likeness (QED) is 0.849. The average Bonchev–Trinajstić information content (AvgIpc) is 3.01. The molecular weight excluding hydrogens is 222 g/mol. The van der Waals surface area contributed by atoms with Gasteiger partial charge in [-0.05, 0) is 18.9 Å². The Balaban J connectivity index is 1.77. The van der Waals surface area contributed by atoms with Gasteiger partial charge >= 0.3 is 0 Å². The predicted molar refractivity (Wildman–Crippen MR) is 63.8 cm³/mol. The van der Waals surface area contributed by atoms with E-state index >= 15 is 0 Å². The number of nitrogen functional groups attached to an aromatic ring is 1. The van der Waals surface area contributed by atoms with Gasteiger partial charge in [-0.1, -0.05) is 0 Å². The Bertz CT molecular complexity index is 505. The number of nitrogens with two attached hydrogens (primary N) is 1. The van der Waals surface area contributed by atoms with Crippen molar-refractivity contribution in [2.45, 2.75) is 18.8 Å². The molecule has 0 radical (unpaired) electrons. The summed E-state index contributed by atoms with van der Waals surface area (Å²) in [6.07, 6.45) is 4.16. The van der Waals surface area contributed by atoms with Gasteiger partial charge in [0, 0.05) is 17.5 Å². The van der Waals surface area contributed by atoms with Crippen LogP contribution in [0.2, 0.25) is 0 Å². The van der Waals surface area contributed by atoms with E-state index in [1.807, 2.05) is 0 Å². The topological polar surface area (TPSA) is 76.7 Å². The molecule has 5 nitrogen and oxygen atoms in total. The van der Waals surface area contributed by atoms with Gasteiger partial charge in [-0.25, -0.2) is 9.97 Å². The Kier molecular flexibility index (Phi) is 2.21. The summed E-state index contributed by atoms with van der Waals surface area (Å²) in [4.78, 5) is 12.4. The molecular formula is C10H11N5S. The average molecular weight is 233 g/mol. The van der Waals surface area contributed by atoms with Crippen LogP contribution in [0.1, 0.15) is 24.5 Å². The van der Waals surface area contributed by atoms with Crippen LogP contribution in [-0.4, -0.2) is 15.0 Å². The zero-order valence-corrected chi connectivity index (χ0v) is 9.37.